The van der Waals surface area contributed by atoms with Crippen LogP contribution < -0.4 is 0 Å². The number of nitrogens with zero attached hydrogens (tertiary/aromatic N) is 1. The first-order valence-electron chi connectivity index (χ1n) is 6.42. The van der Waals surface area contributed by atoms with Gasteiger partial charge in [-0.25, -0.2) is 0 Å². The van der Waals surface area contributed by atoms with Crippen LogP contribution >= 0.6 is 22.6 Å². The Kier molecular flexibility index (Phi) is 3.58. The molecule has 1 aliphatic heterocycles. The molecule has 19 heavy (non-hydrogen) atoms. The summed E-state index contributed by atoms with van der Waals surface area (Å²) in [6, 6.07) is 14.6. The number of aromatic nitrogens is 1. The fraction of sp³-hybridized carbons (Fsp3) is 0.312. The highest BCUT2D eigenvalue weighted by Crippen LogP contribution is 2.45. The smallest absolute Gasteiger partial charge is 0.110 e. The van der Waals surface area contributed by atoms with Crippen molar-refractivity contribution in [1.29, 1.82) is 0 Å². The van der Waals surface area contributed by atoms with Crippen LogP contribution in [0.15, 0.2) is 48.7 Å². The molecule has 3 rings (SSSR count). The van der Waals surface area contributed by atoms with Crippen molar-refractivity contribution in [3.63, 3.8) is 0 Å². The van der Waals surface area contributed by atoms with Gasteiger partial charge >= 0.3 is 0 Å². The Morgan fingerprint density at radius 3 is 2.79 bits per heavy atom. The first-order valence-corrected chi connectivity index (χ1v) is 7.95. The Balaban J connectivity index is 2.10. The van der Waals surface area contributed by atoms with E-state index in [0.29, 0.717) is 6.61 Å². The summed E-state index contributed by atoms with van der Waals surface area (Å²) < 4.78 is 7.13. The maximum atomic E-state index is 6.13. The summed E-state index contributed by atoms with van der Waals surface area (Å²) in [7, 11) is 0. The number of halogens is 1. The van der Waals surface area contributed by atoms with E-state index < -0.39 is 0 Å². The quantitative estimate of drug-likeness (QED) is 0.592. The van der Waals surface area contributed by atoms with Crippen LogP contribution in [0.3, 0.4) is 0 Å². The van der Waals surface area contributed by atoms with Crippen molar-refractivity contribution >= 4 is 22.6 Å². The maximum Gasteiger partial charge on any atom is 0.110 e. The second kappa shape index (κ2) is 5.21. The zero-order valence-electron chi connectivity index (χ0n) is 10.8. The molecule has 1 aliphatic rings. The minimum atomic E-state index is -0.0241. The van der Waals surface area contributed by atoms with Crippen molar-refractivity contribution in [2.45, 2.75) is 25.0 Å². The van der Waals surface area contributed by atoms with Gasteiger partial charge in [0, 0.05) is 16.0 Å². The van der Waals surface area contributed by atoms with Gasteiger partial charge in [0.1, 0.15) is 6.10 Å². The van der Waals surface area contributed by atoms with E-state index in [1.54, 1.807) is 0 Å². The molecule has 0 saturated heterocycles. The minimum Gasteiger partial charge on any atom is -0.366 e. The van der Waals surface area contributed by atoms with Crippen LogP contribution in [0.5, 0.6) is 0 Å². The van der Waals surface area contributed by atoms with E-state index in [1.807, 2.05) is 18.3 Å². The van der Waals surface area contributed by atoms with Crippen LogP contribution in [-0.4, -0.2) is 9.41 Å². The Hall–Kier alpha value is -0.940. The van der Waals surface area contributed by atoms with E-state index in [2.05, 4.69) is 64.8 Å². The zero-order chi connectivity index (χ0) is 13.3. The van der Waals surface area contributed by atoms with Crippen LogP contribution in [0, 0.1) is 0 Å². The zero-order valence-corrected chi connectivity index (χ0v) is 13.0. The number of alkyl halides is 1. The van der Waals surface area contributed by atoms with Gasteiger partial charge in [0.05, 0.1) is 12.3 Å². The number of hydrogen-bond donors (Lipinski definition) is 0. The average molecular weight is 365 g/mol. The Morgan fingerprint density at radius 1 is 1.26 bits per heavy atom. The third-order valence-electron chi connectivity index (χ3n) is 3.85. The molecule has 2 heterocycles. The molecule has 1 aromatic carbocycles. The molecule has 0 amide bonds. The molecule has 0 unspecified atom stereocenters. The van der Waals surface area contributed by atoms with Crippen LogP contribution in [0.25, 0.3) is 0 Å². The number of rotatable bonds is 2. The van der Waals surface area contributed by atoms with Gasteiger partial charge in [0.15, 0.2) is 0 Å². The molecule has 98 valence electrons. The van der Waals surface area contributed by atoms with E-state index in [9.17, 15) is 0 Å². The van der Waals surface area contributed by atoms with E-state index in [-0.39, 0.29) is 11.5 Å². The molecule has 3 heteroatoms. The summed E-state index contributed by atoms with van der Waals surface area (Å²) in [4.78, 5) is 4.49. The molecule has 2 nitrogen and oxygen atoms in total. The van der Waals surface area contributed by atoms with Gasteiger partial charge in [-0.2, -0.15) is 0 Å². The maximum absolute atomic E-state index is 6.13. The summed E-state index contributed by atoms with van der Waals surface area (Å²) in [5.41, 5.74) is 3.69. The van der Waals surface area contributed by atoms with Crippen molar-refractivity contribution in [2.24, 2.45) is 0 Å². The second-order valence-corrected chi connectivity index (χ2v) is 5.92. The number of ether oxygens (including phenoxy) is 1. The lowest BCUT2D eigenvalue weighted by Crippen LogP contribution is -2.38. The van der Waals surface area contributed by atoms with Crippen molar-refractivity contribution < 1.29 is 4.74 Å². The summed E-state index contributed by atoms with van der Waals surface area (Å²) in [5, 5.41) is 0. The molecule has 0 bridgehead atoms. The minimum absolute atomic E-state index is 0.0241. The van der Waals surface area contributed by atoms with E-state index in [0.717, 1.165) is 10.1 Å². The molecule has 0 fully saturated rings. The van der Waals surface area contributed by atoms with Gasteiger partial charge in [-0.05, 0) is 23.3 Å². The third kappa shape index (κ3) is 2.19. The highest BCUT2D eigenvalue weighted by molar-refractivity contribution is 14.1. The van der Waals surface area contributed by atoms with Crippen LogP contribution in [-0.2, 0) is 16.8 Å². The van der Waals surface area contributed by atoms with Crippen molar-refractivity contribution in [1.82, 2.24) is 4.98 Å². The van der Waals surface area contributed by atoms with Crippen molar-refractivity contribution in [3.8, 4) is 0 Å². The predicted molar refractivity (Wildman–Crippen MR) is 84.4 cm³/mol. The van der Waals surface area contributed by atoms with E-state index >= 15 is 0 Å². The van der Waals surface area contributed by atoms with Gasteiger partial charge in [-0.15, -0.1) is 0 Å². The number of hydrogen-bond acceptors (Lipinski definition) is 2. The Labute approximate surface area is 127 Å². The van der Waals surface area contributed by atoms with Crippen molar-refractivity contribution in [3.05, 3.63) is 65.5 Å². The lowest BCUT2D eigenvalue weighted by Gasteiger charge is -2.41. The van der Waals surface area contributed by atoms with Crippen LogP contribution in [0.2, 0.25) is 0 Å². The van der Waals surface area contributed by atoms with Gasteiger partial charge in [-0.1, -0.05) is 59.8 Å². The highest BCUT2D eigenvalue weighted by atomic mass is 127. The number of pyridine rings is 1. The van der Waals surface area contributed by atoms with Gasteiger partial charge in [0.25, 0.3) is 0 Å². The molecule has 0 radical (unpaired) electrons. The molecule has 0 N–H and O–H groups in total. The monoisotopic (exact) mass is 365 g/mol. The topological polar surface area (TPSA) is 22.1 Å². The lowest BCUT2D eigenvalue weighted by atomic mass is 9.74. The third-order valence-corrected chi connectivity index (χ3v) is 5.44. The summed E-state index contributed by atoms with van der Waals surface area (Å²) in [5.74, 6) is 0. The first-order chi connectivity index (χ1) is 9.25. The van der Waals surface area contributed by atoms with Gasteiger partial charge < -0.3 is 4.74 Å². The van der Waals surface area contributed by atoms with E-state index in [4.69, 9.17) is 4.74 Å². The average Bonchev–Trinajstić information content (AvgIpc) is 2.49. The summed E-state index contributed by atoms with van der Waals surface area (Å²) in [6.07, 6.45) is 1.87. The molecule has 0 aliphatic carbocycles. The molecular weight excluding hydrogens is 349 g/mol. The number of benzene rings is 1. The molecule has 2 aromatic rings. The van der Waals surface area contributed by atoms with Gasteiger partial charge in [0.2, 0.25) is 0 Å². The molecule has 0 spiro atoms. The van der Waals surface area contributed by atoms with Crippen LogP contribution in [0.1, 0.15) is 29.8 Å². The second-order valence-electron chi connectivity index (χ2n) is 5.15. The van der Waals surface area contributed by atoms with Crippen LogP contribution in [0.4, 0.5) is 0 Å². The Morgan fingerprint density at radius 2 is 2.05 bits per heavy atom. The standard InChI is InChI=1S/C16H16INO/c1-16(11-17)13-7-3-2-6-12(13)10-19-15(16)14-8-4-5-9-18-14/h2-9,15H,10-11H2,1H3/t15-,16-/m0/s1. The van der Waals surface area contributed by atoms with Crippen molar-refractivity contribution in [2.75, 3.05) is 4.43 Å². The number of fused-ring (bicyclic) bond motifs is 1. The lowest BCUT2D eigenvalue weighted by molar-refractivity contribution is -0.0228. The molecule has 1 aromatic heterocycles. The first kappa shape index (κ1) is 13.1. The summed E-state index contributed by atoms with van der Waals surface area (Å²) >= 11 is 2.45. The van der Waals surface area contributed by atoms with E-state index in [1.165, 1.54) is 11.1 Å². The normalized spacial score (nSPS) is 25.9. The summed E-state index contributed by atoms with van der Waals surface area (Å²) in [6.45, 7) is 2.94. The molecule has 0 saturated carbocycles. The fourth-order valence-corrected chi connectivity index (χ4v) is 3.60. The molecule has 2 atom stereocenters. The predicted octanol–water partition coefficient (Wildman–Crippen LogP) is 4.05. The highest BCUT2D eigenvalue weighted by Gasteiger charge is 2.42. The van der Waals surface area contributed by atoms with Gasteiger partial charge in [-0.3, -0.25) is 4.98 Å². The molecular formula is C16H16INO. The largest absolute Gasteiger partial charge is 0.366 e. The fourth-order valence-electron chi connectivity index (χ4n) is 2.79. The Bertz CT molecular complexity index is 572. The SMILES string of the molecule is C[C@]1(CI)c2ccccc2CO[C@H]1c1ccccn1.